The second kappa shape index (κ2) is 12.3. The third-order valence-electron chi connectivity index (χ3n) is 6.09. The molecule has 1 aliphatic heterocycles. The minimum Gasteiger partial charge on any atom is -0.394 e. The summed E-state index contributed by atoms with van der Waals surface area (Å²) >= 11 is 0.800. The third kappa shape index (κ3) is 6.47. The van der Waals surface area contributed by atoms with E-state index in [-0.39, 0.29) is 24.4 Å². The van der Waals surface area contributed by atoms with Gasteiger partial charge in [-0.2, -0.15) is 0 Å². The predicted molar refractivity (Wildman–Crippen MR) is 129 cm³/mol. The van der Waals surface area contributed by atoms with E-state index in [0.717, 1.165) is 28.6 Å². The number of likely N-dealkylation sites (N-methyl/N-ethyl adjacent to an activating group) is 1. The molecule has 0 radical (unpaired) electrons. The van der Waals surface area contributed by atoms with E-state index in [2.05, 4.69) is 10.3 Å². The number of rotatable bonds is 10. The van der Waals surface area contributed by atoms with Crippen LogP contribution in [0.3, 0.4) is 0 Å². The molecule has 0 aliphatic carbocycles. The smallest absolute Gasteiger partial charge is 0.238 e. The molecule has 1 saturated heterocycles. The van der Waals surface area contributed by atoms with E-state index in [1.807, 2.05) is 0 Å². The first-order valence-electron chi connectivity index (χ1n) is 11.6. The quantitative estimate of drug-likeness (QED) is 0.297. The molecular formula is C23H31F3N4O7S. The molecule has 0 saturated carbocycles. The minimum absolute atomic E-state index is 0.0808. The number of carbonyl (C=O) groups excluding carboxylic acids is 1. The summed E-state index contributed by atoms with van der Waals surface area (Å²) in [7, 11) is 3.01. The van der Waals surface area contributed by atoms with Gasteiger partial charge in [0.15, 0.2) is 17.5 Å². The van der Waals surface area contributed by atoms with Gasteiger partial charge in [-0.05, 0) is 26.0 Å². The lowest BCUT2D eigenvalue weighted by molar-refractivity contribution is -0.179. The zero-order chi connectivity index (χ0) is 28.4. The van der Waals surface area contributed by atoms with Crippen LogP contribution >= 0.6 is 11.8 Å². The Morgan fingerprint density at radius 1 is 1.26 bits per heavy atom. The van der Waals surface area contributed by atoms with Crippen molar-refractivity contribution in [2.24, 2.45) is 0 Å². The fourth-order valence-corrected chi connectivity index (χ4v) is 5.38. The van der Waals surface area contributed by atoms with E-state index in [1.54, 1.807) is 0 Å². The first kappa shape index (κ1) is 30.3. The van der Waals surface area contributed by atoms with Crippen LogP contribution in [-0.4, -0.2) is 115 Å². The average Bonchev–Trinajstić information content (AvgIpc) is 3.33. The van der Waals surface area contributed by atoms with Gasteiger partial charge in [0.1, 0.15) is 40.7 Å². The van der Waals surface area contributed by atoms with Gasteiger partial charge in [-0.15, -0.1) is 16.9 Å². The van der Waals surface area contributed by atoms with Crippen LogP contribution in [0, 0.1) is 17.5 Å². The lowest BCUT2D eigenvalue weighted by Gasteiger charge is -2.43. The summed E-state index contributed by atoms with van der Waals surface area (Å²) < 4.78 is 52.5. The Bertz CT molecular complexity index is 1100. The maximum atomic E-state index is 13.7. The Balaban J connectivity index is 1.91. The number of hydrogen-bond donors (Lipinski definition) is 4. The van der Waals surface area contributed by atoms with E-state index in [0.29, 0.717) is 0 Å². The molecular weight excluding hydrogens is 533 g/mol. The molecule has 11 nitrogen and oxygen atoms in total. The number of hydrogen-bond acceptors (Lipinski definition) is 10. The Labute approximate surface area is 221 Å². The molecule has 0 spiro atoms. The van der Waals surface area contributed by atoms with Crippen LogP contribution in [-0.2, 0) is 14.3 Å². The highest BCUT2D eigenvalue weighted by Gasteiger charge is 2.49. The number of carbonyl (C=O) groups is 1. The molecule has 2 aromatic rings. The summed E-state index contributed by atoms with van der Waals surface area (Å²) in [5, 5.41) is 49.1. The second-order valence-electron chi connectivity index (χ2n) is 9.46. The van der Waals surface area contributed by atoms with Crippen molar-refractivity contribution in [3.05, 3.63) is 35.8 Å². The molecule has 2 heterocycles. The molecule has 1 amide bonds. The number of halogens is 3. The number of ether oxygens (including phenoxy) is 2. The summed E-state index contributed by atoms with van der Waals surface area (Å²) in [5.74, 6) is -4.99. The Morgan fingerprint density at radius 3 is 2.45 bits per heavy atom. The van der Waals surface area contributed by atoms with Gasteiger partial charge in [0, 0.05) is 26.3 Å². The molecule has 4 N–H and O–H groups in total. The van der Waals surface area contributed by atoms with Crippen LogP contribution in [0.4, 0.5) is 13.2 Å². The number of nitrogens with zero attached hydrogens (tertiary/aromatic N) is 4. The van der Waals surface area contributed by atoms with E-state index in [4.69, 9.17) is 9.47 Å². The van der Waals surface area contributed by atoms with Crippen LogP contribution in [0.2, 0.25) is 0 Å². The van der Waals surface area contributed by atoms with Gasteiger partial charge in [-0.1, -0.05) is 5.21 Å². The van der Waals surface area contributed by atoms with Gasteiger partial charge >= 0.3 is 0 Å². The van der Waals surface area contributed by atoms with Crippen LogP contribution in [0.1, 0.15) is 19.9 Å². The molecule has 1 fully saturated rings. The van der Waals surface area contributed by atoms with E-state index in [1.165, 1.54) is 39.1 Å². The number of aliphatic hydroxyl groups is 4. The molecule has 1 aliphatic rings. The number of benzene rings is 1. The topological polar surface area (TPSA) is 150 Å². The SMILES string of the molecule is COCCN(C)C(=O)C(S[C@@H]1O[C@H](CO)[C@H](O)[C@H](n2cc(-c3cc(F)c(F)c(F)c3)nn2)[C@H]1O)C(C)(C)O. The van der Waals surface area contributed by atoms with Gasteiger partial charge in [-0.25, -0.2) is 17.9 Å². The molecule has 15 heteroatoms. The van der Waals surface area contributed by atoms with Crippen molar-refractivity contribution < 1.29 is 47.9 Å². The average molecular weight is 565 g/mol. The summed E-state index contributed by atoms with van der Waals surface area (Å²) in [6.45, 7) is 2.67. The van der Waals surface area contributed by atoms with E-state index < -0.39 is 70.6 Å². The standard InChI is InChI=1S/C23H31F3N4O7S/c1-23(2,35)20(21(34)29(3)5-6-36-4)38-22-19(33)17(18(32)15(10-31)37-22)30-9-14(27-28-30)11-7-12(24)16(26)13(25)8-11/h7-9,15,17-20,22,31-33,35H,5-6,10H2,1-4H3/t15-,17+,18+,19-,20?,22+/m1/s1. The molecule has 3 rings (SSSR count). The summed E-state index contributed by atoms with van der Waals surface area (Å²) in [6.07, 6.45) is -3.10. The van der Waals surface area contributed by atoms with Crippen molar-refractivity contribution in [3.63, 3.8) is 0 Å². The fraction of sp³-hybridized carbons (Fsp3) is 0.609. The monoisotopic (exact) mass is 564 g/mol. The first-order valence-corrected chi connectivity index (χ1v) is 12.5. The van der Waals surface area contributed by atoms with Crippen molar-refractivity contribution in [1.82, 2.24) is 19.9 Å². The molecule has 1 unspecified atom stereocenters. The van der Waals surface area contributed by atoms with Crippen molar-refractivity contribution >= 4 is 17.7 Å². The van der Waals surface area contributed by atoms with Gasteiger partial charge in [0.2, 0.25) is 5.91 Å². The fourth-order valence-electron chi connectivity index (χ4n) is 3.95. The number of methoxy groups -OCH3 is 1. The summed E-state index contributed by atoms with van der Waals surface area (Å²) in [5.41, 5.74) is -3.02. The highest BCUT2D eigenvalue weighted by Crippen LogP contribution is 2.39. The molecule has 0 bridgehead atoms. The van der Waals surface area contributed by atoms with Gasteiger partial charge in [0.25, 0.3) is 0 Å². The molecule has 1 aromatic heterocycles. The minimum atomic E-state index is -1.65. The number of aliphatic hydroxyl groups excluding tert-OH is 3. The summed E-state index contributed by atoms with van der Waals surface area (Å²) in [4.78, 5) is 14.5. The van der Waals surface area contributed by atoms with Gasteiger partial charge in [-0.3, -0.25) is 4.79 Å². The van der Waals surface area contributed by atoms with Crippen LogP contribution in [0.5, 0.6) is 0 Å². The van der Waals surface area contributed by atoms with Crippen LogP contribution < -0.4 is 0 Å². The first-order chi connectivity index (χ1) is 17.8. The lowest BCUT2D eigenvalue weighted by Crippen LogP contribution is -2.57. The summed E-state index contributed by atoms with van der Waals surface area (Å²) in [6, 6.07) is 0.162. The third-order valence-corrected chi connectivity index (χ3v) is 7.80. The predicted octanol–water partition coefficient (Wildman–Crippen LogP) is 0.320. The number of amides is 1. The van der Waals surface area contributed by atoms with Gasteiger partial charge < -0.3 is 34.8 Å². The zero-order valence-electron chi connectivity index (χ0n) is 21.2. The number of aromatic nitrogens is 3. The zero-order valence-corrected chi connectivity index (χ0v) is 22.0. The van der Waals surface area contributed by atoms with E-state index in [9.17, 15) is 38.4 Å². The normalized spacial score (nSPS) is 24.9. The molecule has 212 valence electrons. The van der Waals surface area contributed by atoms with Crippen molar-refractivity contribution in [3.8, 4) is 11.3 Å². The highest BCUT2D eigenvalue weighted by molar-refractivity contribution is 8.01. The van der Waals surface area contributed by atoms with Crippen LogP contribution in [0.15, 0.2) is 18.3 Å². The van der Waals surface area contributed by atoms with Crippen molar-refractivity contribution in [2.75, 3.05) is 33.9 Å². The second-order valence-corrected chi connectivity index (χ2v) is 10.7. The molecule has 38 heavy (non-hydrogen) atoms. The number of thioether (sulfide) groups is 1. The Morgan fingerprint density at radius 2 is 1.89 bits per heavy atom. The van der Waals surface area contributed by atoms with E-state index >= 15 is 0 Å². The molecule has 6 atom stereocenters. The van der Waals surface area contributed by atoms with Gasteiger partial charge in [0.05, 0.1) is 25.0 Å². The van der Waals surface area contributed by atoms with Crippen LogP contribution in [0.25, 0.3) is 11.3 Å². The van der Waals surface area contributed by atoms with Crippen molar-refractivity contribution in [1.29, 1.82) is 0 Å². The highest BCUT2D eigenvalue weighted by atomic mass is 32.2. The molecule has 1 aromatic carbocycles. The lowest BCUT2D eigenvalue weighted by atomic mass is 9.97. The maximum Gasteiger partial charge on any atom is 0.238 e. The largest absolute Gasteiger partial charge is 0.394 e. The Hall–Kier alpha value is -2.27. The maximum absolute atomic E-state index is 13.7. The van der Waals surface area contributed by atoms with Crippen molar-refractivity contribution in [2.45, 2.75) is 54.5 Å². The Kier molecular flexibility index (Phi) is 9.78.